The first kappa shape index (κ1) is 25.1. The highest BCUT2D eigenvalue weighted by Gasteiger charge is 2.19. The summed E-state index contributed by atoms with van der Waals surface area (Å²) in [6.07, 6.45) is -0.675. The third kappa shape index (κ3) is 5.81. The molecular formula is C28H33N3O3S. The number of ether oxygens (including phenoxy) is 1. The van der Waals surface area contributed by atoms with E-state index in [1.165, 1.54) is 22.5 Å². The molecule has 2 N–H and O–H groups in total. The van der Waals surface area contributed by atoms with Gasteiger partial charge in [0.25, 0.3) is 5.56 Å². The number of nitrogens with zero attached hydrogens (tertiary/aromatic N) is 2. The number of nitrogens with one attached hydrogen (secondary N) is 1. The number of H-pyrrole nitrogens is 1. The number of aryl methyl sites for hydroxylation is 3. The molecule has 0 fully saturated rings. The van der Waals surface area contributed by atoms with E-state index in [0.717, 1.165) is 27.3 Å². The first-order chi connectivity index (χ1) is 16.7. The van der Waals surface area contributed by atoms with Gasteiger partial charge in [-0.15, -0.1) is 11.3 Å². The average molecular weight is 492 g/mol. The number of aromatic nitrogens is 2. The summed E-state index contributed by atoms with van der Waals surface area (Å²) < 4.78 is 5.82. The third-order valence-electron chi connectivity index (χ3n) is 6.36. The summed E-state index contributed by atoms with van der Waals surface area (Å²) in [4.78, 5) is 23.7. The number of hydrogen-bond donors (Lipinski definition) is 2. The summed E-state index contributed by atoms with van der Waals surface area (Å²) in [5.74, 6) is 1.37. The average Bonchev–Trinajstić information content (AvgIpc) is 3.24. The predicted molar refractivity (Wildman–Crippen MR) is 143 cm³/mol. The molecule has 0 aliphatic heterocycles. The van der Waals surface area contributed by atoms with Crippen LogP contribution in [0.1, 0.15) is 36.4 Å². The first-order valence-electron chi connectivity index (χ1n) is 11.9. The number of hydrogen-bond acceptors (Lipinski definition) is 6. The van der Waals surface area contributed by atoms with Crippen molar-refractivity contribution in [3.63, 3.8) is 0 Å². The van der Waals surface area contributed by atoms with Crippen molar-refractivity contribution in [2.45, 2.75) is 53.3 Å². The van der Waals surface area contributed by atoms with Gasteiger partial charge in [-0.3, -0.25) is 9.69 Å². The lowest BCUT2D eigenvalue weighted by molar-refractivity contribution is 0.0531. The lowest BCUT2D eigenvalue weighted by Crippen LogP contribution is -2.40. The first-order valence-corrected chi connectivity index (χ1v) is 12.8. The maximum absolute atomic E-state index is 13.1. The Labute approximate surface area is 210 Å². The fraction of sp³-hybridized carbons (Fsp3) is 0.357. The number of aliphatic hydroxyl groups excluding tert-OH is 1. The van der Waals surface area contributed by atoms with E-state index in [2.05, 4.69) is 55.8 Å². The van der Waals surface area contributed by atoms with E-state index in [4.69, 9.17) is 9.72 Å². The van der Waals surface area contributed by atoms with Crippen LogP contribution in [0.25, 0.3) is 21.3 Å². The molecule has 1 unspecified atom stereocenters. The second kappa shape index (κ2) is 10.7. The maximum Gasteiger partial charge on any atom is 0.260 e. The molecule has 35 heavy (non-hydrogen) atoms. The monoisotopic (exact) mass is 491 g/mol. The van der Waals surface area contributed by atoms with Gasteiger partial charge in [0, 0.05) is 23.5 Å². The Morgan fingerprint density at radius 2 is 1.86 bits per heavy atom. The van der Waals surface area contributed by atoms with Gasteiger partial charge in [0.1, 0.15) is 29.1 Å². The molecule has 0 amide bonds. The molecule has 2 aromatic heterocycles. The van der Waals surface area contributed by atoms with E-state index in [1.54, 1.807) is 0 Å². The molecule has 0 saturated carbocycles. The molecule has 0 bridgehead atoms. The van der Waals surface area contributed by atoms with Crippen molar-refractivity contribution in [1.29, 1.82) is 0 Å². The van der Waals surface area contributed by atoms with Crippen LogP contribution in [0.5, 0.6) is 5.75 Å². The van der Waals surface area contributed by atoms with Gasteiger partial charge in [-0.1, -0.05) is 36.4 Å². The van der Waals surface area contributed by atoms with Crippen LogP contribution in [0.3, 0.4) is 0 Å². The number of aliphatic hydroxyl groups is 1. The molecule has 184 valence electrons. The molecule has 4 rings (SSSR count). The van der Waals surface area contributed by atoms with Gasteiger partial charge in [-0.05, 0) is 62.9 Å². The number of benzene rings is 2. The Bertz CT molecular complexity index is 1380. The van der Waals surface area contributed by atoms with E-state index in [9.17, 15) is 9.90 Å². The summed E-state index contributed by atoms with van der Waals surface area (Å²) >= 11 is 1.48. The highest BCUT2D eigenvalue weighted by Crippen LogP contribution is 2.31. The number of thiophene rings is 1. The van der Waals surface area contributed by atoms with E-state index < -0.39 is 6.10 Å². The van der Waals surface area contributed by atoms with Crippen molar-refractivity contribution in [3.05, 3.63) is 80.7 Å². The molecule has 0 spiro atoms. The lowest BCUT2D eigenvalue weighted by Gasteiger charge is -2.28. The van der Waals surface area contributed by atoms with Gasteiger partial charge < -0.3 is 14.8 Å². The maximum atomic E-state index is 13.1. The largest absolute Gasteiger partial charge is 0.491 e. The lowest BCUT2D eigenvalue weighted by atomic mass is 10.0. The molecule has 1 atom stereocenters. The van der Waals surface area contributed by atoms with Gasteiger partial charge in [0.05, 0.1) is 11.9 Å². The van der Waals surface area contributed by atoms with Crippen molar-refractivity contribution in [2.75, 3.05) is 13.2 Å². The van der Waals surface area contributed by atoms with Crippen molar-refractivity contribution in [1.82, 2.24) is 14.9 Å². The van der Waals surface area contributed by atoms with Gasteiger partial charge in [-0.25, -0.2) is 4.98 Å². The molecule has 0 aliphatic carbocycles. The van der Waals surface area contributed by atoms with E-state index >= 15 is 0 Å². The Morgan fingerprint density at radius 3 is 2.57 bits per heavy atom. The number of para-hydroxylation sites is 1. The van der Waals surface area contributed by atoms with Crippen LogP contribution in [0.15, 0.2) is 52.6 Å². The molecule has 6 nitrogen and oxygen atoms in total. The highest BCUT2D eigenvalue weighted by atomic mass is 32.1. The van der Waals surface area contributed by atoms with Crippen molar-refractivity contribution in [2.24, 2.45) is 0 Å². The van der Waals surface area contributed by atoms with Crippen molar-refractivity contribution < 1.29 is 9.84 Å². The zero-order chi connectivity index (χ0) is 25.1. The second-order valence-corrected chi connectivity index (χ2v) is 10.3. The van der Waals surface area contributed by atoms with E-state index in [0.29, 0.717) is 24.3 Å². The molecule has 7 heteroatoms. The summed E-state index contributed by atoms with van der Waals surface area (Å²) in [5.41, 5.74) is 5.26. The Hall–Kier alpha value is -3.00. The van der Waals surface area contributed by atoms with Gasteiger partial charge in [-0.2, -0.15) is 0 Å². The summed E-state index contributed by atoms with van der Waals surface area (Å²) in [5, 5.41) is 13.3. The minimum atomic E-state index is -0.675. The topological polar surface area (TPSA) is 78.5 Å². The van der Waals surface area contributed by atoms with Gasteiger partial charge >= 0.3 is 0 Å². The van der Waals surface area contributed by atoms with E-state index in [-0.39, 0.29) is 18.2 Å². The minimum absolute atomic E-state index is 0.133. The fourth-order valence-corrected chi connectivity index (χ4v) is 5.03. The van der Waals surface area contributed by atoms with Crippen molar-refractivity contribution in [3.8, 4) is 16.9 Å². The van der Waals surface area contributed by atoms with Gasteiger partial charge in [0.2, 0.25) is 0 Å². The molecule has 4 aromatic rings. The molecule has 0 saturated heterocycles. The highest BCUT2D eigenvalue weighted by molar-refractivity contribution is 7.17. The van der Waals surface area contributed by atoms with E-state index in [1.807, 2.05) is 36.6 Å². The van der Waals surface area contributed by atoms with Crippen LogP contribution in [0.4, 0.5) is 0 Å². The molecule has 0 aliphatic rings. The van der Waals surface area contributed by atoms with Crippen LogP contribution in [-0.2, 0) is 6.54 Å². The molecule has 0 radical (unpaired) electrons. The van der Waals surface area contributed by atoms with Crippen molar-refractivity contribution >= 4 is 21.6 Å². The van der Waals surface area contributed by atoms with Crippen LogP contribution < -0.4 is 10.3 Å². The summed E-state index contributed by atoms with van der Waals surface area (Å²) in [6, 6.07) is 14.2. The SMILES string of the molecule is Cc1ccc(-c2csc3nc(CN(CC(O)COc4ccccc4C)C(C)C)[nH]c(=O)c23)cc1C. The van der Waals surface area contributed by atoms with Gasteiger partial charge in [0.15, 0.2) is 0 Å². The molecular weight excluding hydrogens is 458 g/mol. The smallest absolute Gasteiger partial charge is 0.260 e. The summed E-state index contributed by atoms with van der Waals surface area (Å²) in [7, 11) is 0. The predicted octanol–water partition coefficient (Wildman–Crippen LogP) is 5.23. The normalized spacial score (nSPS) is 12.6. The zero-order valence-corrected chi connectivity index (χ0v) is 21.8. The number of fused-ring (bicyclic) bond motifs is 1. The van der Waals surface area contributed by atoms with Crippen LogP contribution >= 0.6 is 11.3 Å². The Morgan fingerprint density at radius 1 is 1.09 bits per heavy atom. The quantitative estimate of drug-likeness (QED) is 0.335. The second-order valence-electron chi connectivity index (χ2n) is 9.39. The minimum Gasteiger partial charge on any atom is -0.491 e. The Balaban J connectivity index is 1.50. The molecule has 2 heterocycles. The van der Waals surface area contributed by atoms with Crippen LogP contribution in [0, 0.1) is 20.8 Å². The molecule has 2 aromatic carbocycles. The Kier molecular flexibility index (Phi) is 7.69. The van der Waals surface area contributed by atoms with Crippen LogP contribution in [0.2, 0.25) is 0 Å². The zero-order valence-electron chi connectivity index (χ0n) is 21.0. The van der Waals surface area contributed by atoms with Crippen LogP contribution in [-0.4, -0.2) is 45.3 Å². The third-order valence-corrected chi connectivity index (χ3v) is 7.24. The summed E-state index contributed by atoms with van der Waals surface area (Å²) in [6.45, 7) is 11.3. The number of rotatable bonds is 9. The standard InChI is InChI=1S/C28H33N3O3S/c1-17(2)31(13-22(32)15-34-24-9-7-6-8-19(24)4)14-25-29-27(33)26-23(16-35-28(26)30-25)21-11-10-18(3)20(5)12-21/h6-12,16-17,22,32H,13-15H2,1-5H3,(H,29,30,33). The number of aromatic amines is 1. The fourth-order valence-electron chi connectivity index (χ4n) is 4.07.